The number of carboxylic acids is 1. The molecule has 21 heavy (non-hydrogen) atoms. The second-order valence-corrected chi connectivity index (χ2v) is 7.05. The highest BCUT2D eigenvalue weighted by atomic mass is 79.9. The minimum Gasteiger partial charge on any atom is -0.495 e. The second kappa shape index (κ2) is 8.35. The molecule has 2 N–H and O–H groups in total. The van der Waals surface area contributed by atoms with E-state index in [0.717, 1.165) is 0 Å². The summed E-state index contributed by atoms with van der Waals surface area (Å²) in [7, 11) is -2.24. The zero-order chi connectivity index (χ0) is 15.9. The lowest BCUT2D eigenvalue weighted by atomic mass is 10.2. The summed E-state index contributed by atoms with van der Waals surface area (Å²) in [6, 6.07) is 4.75. The minimum atomic E-state index is -3.65. The second-order valence-electron chi connectivity index (χ2n) is 4.40. The summed E-state index contributed by atoms with van der Waals surface area (Å²) in [6.45, 7) is 0.262. The summed E-state index contributed by atoms with van der Waals surface area (Å²) in [6.07, 6.45) is 1.89. The average molecular weight is 380 g/mol. The summed E-state index contributed by atoms with van der Waals surface area (Å²) in [4.78, 5) is 10.4. The molecular formula is C13H18BrNO5S. The molecule has 6 nitrogen and oxygen atoms in total. The number of methoxy groups -OCH3 is 1. The van der Waals surface area contributed by atoms with Crippen LogP contribution in [0.15, 0.2) is 27.6 Å². The fourth-order valence-electron chi connectivity index (χ4n) is 1.72. The smallest absolute Gasteiger partial charge is 0.303 e. The van der Waals surface area contributed by atoms with Crippen LogP contribution in [0.3, 0.4) is 0 Å². The van der Waals surface area contributed by atoms with Gasteiger partial charge >= 0.3 is 5.97 Å². The van der Waals surface area contributed by atoms with E-state index in [9.17, 15) is 13.2 Å². The van der Waals surface area contributed by atoms with Gasteiger partial charge in [0, 0.05) is 17.4 Å². The van der Waals surface area contributed by atoms with E-state index in [1.54, 1.807) is 12.1 Å². The number of rotatable bonds is 9. The number of aliphatic carboxylic acids is 1. The maximum Gasteiger partial charge on any atom is 0.303 e. The number of nitrogens with one attached hydrogen (secondary N) is 1. The SMILES string of the molecule is COc1ccc(Br)cc1S(=O)(=O)NCCCCCC(=O)O. The van der Waals surface area contributed by atoms with Gasteiger partial charge in [-0.1, -0.05) is 22.4 Å². The predicted molar refractivity (Wildman–Crippen MR) is 82.0 cm³/mol. The quantitative estimate of drug-likeness (QED) is 0.642. The molecule has 0 heterocycles. The van der Waals surface area contributed by atoms with Crippen LogP contribution < -0.4 is 9.46 Å². The van der Waals surface area contributed by atoms with Crippen molar-refractivity contribution in [2.75, 3.05) is 13.7 Å². The highest BCUT2D eigenvalue weighted by molar-refractivity contribution is 9.10. The Morgan fingerprint density at radius 3 is 2.67 bits per heavy atom. The van der Waals surface area contributed by atoms with Gasteiger partial charge in [-0.15, -0.1) is 0 Å². The number of carboxylic acid groups (broad SMARTS) is 1. The minimum absolute atomic E-state index is 0.0740. The van der Waals surface area contributed by atoms with E-state index in [1.165, 1.54) is 13.2 Å². The molecule has 0 radical (unpaired) electrons. The highest BCUT2D eigenvalue weighted by Gasteiger charge is 2.19. The molecule has 0 spiro atoms. The molecule has 0 fully saturated rings. The van der Waals surface area contributed by atoms with Gasteiger partial charge in [0.1, 0.15) is 10.6 Å². The van der Waals surface area contributed by atoms with Crippen LogP contribution in [0.25, 0.3) is 0 Å². The van der Waals surface area contributed by atoms with Crippen LogP contribution in [-0.4, -0.2) is 33.1 Å². The Morgan fingerprint density at radius 1 is 1.33 bits per heavy atom. The Hall–Kier alpha value is -1.12. The van der Waals surface area contributed by atoms with Crippen LogP contribution in [-0.2, 0) is 14.8 Å². The van der Waals surface area contributed by atoms with E-state index in [4.69, 9.17) is 9.84 Å². The number of benzene rings is 1. The van der Waals surface area contributed by atoms with Crippen molar-refractivity contribution in [2.45, 2.75) is 30.6 Å². The van der Waals surface area contributed by atoms with Gasteiger partial charge < -0.3 is 9.84 Å². The first-order valence-electron chi connectivity index (χ1n) is 6.42. The van der Waals surface area contributed by atoms with Crippen molar-refractivity contribution in [2.24, 2.45) is 0 Å². The standard InChI is InChI=1S/C13H18BrNO5S/c1-20-11-7-6-10(14)9-12(11)21(18,19)15-8-4-2-3-5-13(16)17/h6-7,9,15H,2-5,8H2,1H3,(H,16,17). The fraction of sp³-hybridized carbons (Fsp3) is 0.462. The Balaban J connectivity index is 2.58. The lowest BCUT2D eigenvalue weighted by Gasteiger charge is -2.11. The number of ether oxygens (including phenoxy) is 1. The first kappa shape index (κ1) is 17.9. The van der Waals surface area contributed by atoms with Gasteiger partial charge in [0.05, 0.1) is 7.11 Å². The van der Waals surface area contributed by atoms with E-state index in [0.29, 0.717) is 23.7 Å². The molecule has 1 rings (SSSR count). The first-order chi connectivity index (χ1) is 9.86. The molecule has 0 bridgehead atoms. The zero-order valence-corrected chi connectivity index (χ0v) is 14.0. The molecule has 0 saturated heterocycles. The van der Waals surface area contributed by atoms with Gasteiger partial charge in [0.25, 0.3) is 0 Å². The van der Waals surface area contributed by atoms with Crippen molar-refractivity contribution in [3.8, 4) is 5.75 Å². The van der Waals surface area contributed by atoms with Gasteiger partial charge in [0.2, 0.25) is 10.0 Å². The Morgan fingerprint density at radius 2 is 2.05 bits per heavy atom. The van der Waals surface area contributed by atoms with Crippen molar-refractivity contribution in [3.63, 3.8) is 0 Å². The van der Waals surface area contributed by atoms with Crippen LogP contribution in [0.2, 0.25) is 0 Å². The largest absolute Gasteiger partial charge is 0.495 e. The molecule has 0 aliphatic heterocycles. The molecule has 0 aromatic heterocycles. The molecule has 0 unspecified atom stereocenters. The van der Waals surface area contributed by atoms with Crippen molar-refractivity contribution in [3.05, 3.63) is 22.7 Å². The summed E-state index contributed by atoms with van der Waals surface area (Å²) in [5.74, 6) is -0.564. The van der Waals surface area contributed by atoms with E-state index >= 15 is 0 Å². The summed E-state index contributed by atoms with van der Waals surface area (Å²) < 4.78 is 32.6. The zero-order valence-electron chi connectivity index (χ0n) is 11.6. The Labute approximate surface area is 132 Å². The molecule has 8 heteroatoms. The predicted octanol–water partition coefficient (Wildman–Crippen LogP) is 2.38. The van der Waals surface area contributed by atoms with Gasteiger partial charge in [-0.2, -0.15) is 0 Å². The van der Waals surface area contributed by atoms with Crippen LogP contribution in [0, 0.1) is 0 Å². The lowest BCUT2D eigenvalue weighted by molar-refractivity contribution is -0.137. The monoisotopic (exact) mass is 379 g/mol. The molecule has 0 aliphatic carbocycles. The normalized spacial score (nSPS) is 11.3. The maximum absolute atomic E-state index is 12.2. The van der Waals surface area contributed by atoms with Gasteiger partial charge in [0.15, 0.2) is 0 Å². The maximum atomic E-state index is 12.2. The molecule has 0 amide bonds. The number of halogens is 1. The molecular weight excluding hydrogens is 362 g/mol. The number of unbranched alkanes of at least 4 members (excludes halogenated alkanes) is 2. The molecule has 0 saturated carbocycles. The Kier molecular flexibility index (Phi) is 7.13. The van der Waals surface area contributed by atoms with E-state index in [-0.39, 0.29) is 23.6 Å². The summed E-state index contributed by atoms with van der Waals surface area (Å²) in [5.41, 5.74) is 0. The highest BCUT2D eigenvalue weighted by Crippen LogP contribution is 2.27. The average Bonchev–Trinajstić information content (AvgIpc) is 2.42. The van der Waals surface area contributed by atoms with Crippen LogP contribution in [0.4, 0.5) is 0 Å². The molecule has 1 aromatic carbocycles. The number of hydrogen-bond acceptors (Lipinski definition) is 4. The van der Waals surface area contributed by atoms with E-state index in [1.807, 2.05) is 0 Å². The molecule has 1 aromatic rings. The fourth-order valence-corrected chi connectivity index (χ4v) is 3.50. The third-order valence-electron chi connectivity index (χ3n) is 2.77. The van der Waals surface area contributed by atoms with Crippen LogP contribution in [0.5, 0.6) is 5.75 Å². The lowest BCUT2D eigenvalue weighted by Crippen LogP contribution is -2.25. The van der Waals surface area contributed by atoms with E-state index in [2.05, 4.69) is 20.7 Å². The van der Waals surface area contributed by atoms with E-state index < -0.39 is 16.0 Å². The Bertz CT molecular complexity index is 588. The van der Waals surface area contributed by atoms with Crippen LogP contribution in [0.1, 0.15) is 25.7 Å². The summed E-state index contributed by atoms with van der Waals surface area (Å²) in [5, 5.41) is 8.50. The topological polar surface area (TPSA) is 92.7 Å². The first-order valence-corrected chi connectivity index (χ1v) is 8.69. The summed E-state index contributed by atoms with van der Waals surface area (Å²) >= 11 is 3.23. The number of carbonyl (C=O) groups is 1. The van der Waals surface area contributed by atoms with Crippen molar-refractivity contribution in [1.82, 2.24) is 4.72 Å². The van der Waals surface area contributed by atoms with Gasteiger partial charge in [-0.25, -0.2) is 13.1 Å². The molecule has 0 atom stereocenters. The van der Waals surface area contributed by atoms with Crippen molar-refractivity contribution >= 4 is 31.9 Å². The van der Waals surface area contributed by atoms with Crippen molar-refractivity contribution < 1.29 is 23.1 Å². The third kappa shape index (κ3) is 6.03. The third-order valence-corrected chi connectivity index (χ3v) is 4.75. The van der Waals surface area contributed by atoms with Crippen molar-refractivity contribution in [1.29, 1.82) is 0 Å². The van der Waals surface area contributed by atoms with Gasteiger partial charge in [-0.05, 0) is 31.0 Å². The molecule has 118 valence electrons. The van der Waals surface area contributed by atoms with Gasteiger partial charge in [-0.3, -0.25) is 4.79 Å². The number of sulfonamides is 1. The number of hydrogen-bond donors (Lipinski definition) is 2. The molecule has 0 aliphatic rings. The van der Waals surface area contributed by atoms with Crippen LogP contribution >= 0.6 is 15.9 Å².